The van der Waals surface area contributed by atoms with Crippen molar-refractivity contribution in [2.75, 3.05) is 13.2 Å². The molecule has 0 amide bonds. The smallest absolute Gasteiger partial charge is 0.301 e. The number of hydrogen-bond donors (Lipinski definition) is 0. The summed E-state index contributed by atoms with van der Waals surface area (Å²) in [6.45, 7) is 1.83. The fourth-order valence-electron chi connectivity index (χ4n) is 1.11. The van der Waals surface area contributed by atoms with Gasteiger partial charge in [0.1, 0.15) is 0 Å². The Kier molecular flexibility index (Phi) is 6.90. The quantitative estimate of drug-likeness (QED) is 0.641. The van der Waals surface area contributed by atoms with E-state index in [-0.39, 0.29) is 0 Å². The largest absolute Gasteiger partial charge is 0.393 e. The van der Waals surface area contributed by atoms with Crippen LogP contribution in [0.3, 0.4) is 0 Å². The van der Waals surface area contributed by atoms with Crippen LogP contribution in [0.25, 0.3) is 0 Å². The van der Waals surface area contributed by atoms with E-state index in [0.717, 1.165) is 17.7 Å². The summed E-state index contributed by atoms with van der Waals surface area (Å²) in [5, 5.41) is 0. The van der Waals surface area contributed by atoms with Gasteiger partial charge in [0.15, 0.2) is 0 Å². The average molecular weight is 274 g/mol. The highest BCUT2D eigenvalue weighted by Crippen LogP contribution is 2.63. The molecule has 1 aromatic carbocycles. The van der Waals surface area contributed by atoms with E-state index in [1.165, 1.54) is 11.4 Å². The van der Waals surface area contributed by atoms with Crippen LogP contribution in [-0.2, 0) is 13.6 Å². The average Bonchev–Trinajstić information content (AvgIpc) is 2.35. The summed E-state index contributed by atoms with van der Waals surface area (Å²) >= 11 is 1.18. The van der Waals surface area contributed by atoms with Gasteiger partial charge in [-0.3, -0.25) is 0 Å². The molecule has 0 saturated carbocycles. The molecule has 17 heavy (non-hydrogen) atoms. The van der Waals surface area contributed by atoms with Crippen molar-refractivity contribution >= 4 is 18.2 Å². The maximum absolute atomic E-state index is 12.4. The van der Waals surface area contributed by atoms with Gasteiger partial charge in [-0.05, 0) is 36.4 Å². The van der Waals surface area contributed by atoms with E-state index in [4.69, 9.17) is 9.05 Å². The molecule has 0 N–H and O–H groups in total. The van der Waals surface area contributed by atoms with Crippen molar-refractivity contribution in [1.29, 1.82) is 0 Å². The summed E-state index contributed by atoms with van der Waals surface area (Å²) in [5.41, 5.74) is 0. The molecule has 0 spiro atoms. The molecule has 0 bridgehead atoms. The highest BCUT2D eigenvalue weighted by molar-refractivity contribution is 8.55. The summed E-state index contributed by atoms with van der Waals surface area (Å²) < 4.78 is 23.2. The van der Waals surface area contributed by atoms with Crippen molar-refractivity contribution in [2.45, 2.75) is 31.6 Å². The SMILES string of the molecule is CCCOP(=O)(OCCC)Sc1ccccc1. The molecule has 0 fully saturated rings. The molecular formula is C12H19O3PS. The van der Waals surface area contributed by atoms with E-state index in [0.29, 0.717) is 13.2 Å². The zero-order chi connectivity index (χ0) is 12.6. The van der Waals surface area contributed by atoms with Gasteiger partial charge in [0.25, 0.3) is 0 Å². The van der Waals surface area contributed by atoms with E-state index in [1.807, 2.05) is 44.2 Å². The van der Waals surface area contributed by atoms with Crippen molar-refractivity contribution in [1.82, 2.24) is 0 Å². The molecule has 0 unspecified atom stereocenters. The Morgan fingerprint density at radius 1 is 1.06 bits per heavy atom. The van der Waals surface area contributed by atoms with Crippen LogP contribution in [0.2, 0.25) is 0 Å². The highest BCUT2D eigenvalue weighted by atomic mass is 32.7. The third kappa shape index (κ3) is 5.73. The van der Waals surface area contributed by atoms with Crippen LogP contribution in [0.1, 0.15) is 26.7 Å². The van der Waals surface area contributed by atoms with Crippen LogP contribution < -0.4 is 0 Å². The van der Waals surface area contributed by atoms with E-state index in [2.05, 4.69) is 0 Å². The second-order valence-corrected chi connectivity index (χ2v) is 7.47. The van der Waals surface area contributed by atoms with Crippen LogP contribution in [0.15, 0.2) is 35.2 Å². The van der Waals surface area contributed by atoms with E-state index < -0.39 is 6.80 Å². The number of rotatable bonds is 8. The Bertz CT molecular complexity index is 344. The molecule has 0 aromatic heterocycles. The molecule has 0 radical (unpaired) electrons. The lowest BCUT2D eigenvalue weighted by atomic mass is 10.4. The van der Waals surface area contributed by atoms with Crippen molar-refractivity contribution < 1.29 is 13.6 Å². The predicted molar refractivity (Wildman–Crippen MR) is 72.4 cm³/mol. The van der Waals surface area contributed by atoms with Gasteiger partial charge in [-0.15, -0.1) is 0 Å². The minimum absolute atomic E-state index is 0.459. The molecule has 0 aliphatic heterocycles. The fourth-order valence-corrected chi connectivity index (χ4v) is 4.54. The number of hydrogen-bond acceptors (Lipinski definition) is 4. The van der Waals surface area contributed by atoms with Gasteiger partial charge in [-0.25, -0.2) is 4.57 Å². The molecule has 5 heteroatoms. The van der Waals surface area contributed by atoms with Crippen LogP contribution >= 0.6 is 18.2 Å². The summed E-state index contributed by atoms with van der Waals surface area (Å²) in [4.78, 5) is 0.906. The number of benzene rings is 1. The summed E-state index contributed by atoms with van der Waals surface area (Å²) in [7, 11) is 0. The molecule has 0 aliphatic rings. The standard InChI is InChI=1S/C12H19O3PS/c1-3-10-14-16(13,15-11-4-2)17-12-8-6-5-7-9-12/h5-9H,3-4,10-11H2,1-2H3. The molecular weight excluding hydrogens is 255 g/mol. The van der Waals surface area contributed by atoms with Gasteiger partial charge in [0.05, 0.1) is 13.2 Å². The summed E-state index contributed by atoms with van der Waals surface area (Å²) in [6.07, 6.45) is 1.66. The second kappa shape index (κ2) is 7.93. The van der Waals surface area contributed by atoms with Gasteiger partial charge in [-0.1, -0.05) is 32.0 Å². The topological polar surface area (TPSA) is 35.5 Å². The highest BCUT2D eigenvalue weighted by Gasteiger charge is 2.26. The monoisotopic (exact) mass is 274 g/mol. The summed E-state index contributed by atoms with van der Waals surface area (Å²) in [6, 6.07) is 9.55. The summed E-state index contributed by atoms with van der Waals surface area (Å²) in [5.74, 6) is 0. The van der Waals surface area contributed by atoms with E-state index >= 15 is 0 Å². The first-order valence-electron chi connectivity index (χ1n) is 5.84. The Hall–Kier alpha value is -0.280. The van der Waals surface area contributed by atoms with Gasteiger partial charge in [0.2, 0.25) is 0 Å². The lowest BCUT2D eigenvalue weighted by molar-refractivity contribution is 0.220. The van der Waals surface area contributed by atoms with E-state index in [1.54, 1.807) is 0 Å². The Morgan fingerprint density at radius 3 is 2.06 bits per heavy atom. The molecule has 0 atom stereocenters. The van der Waals surface area contributed by atoms with Crippen molar-refractivity contribution in [3.8, 4) is 0 Å². The van der Waals surface area contributed by atoms with Crippen LogP contribution in [0.4, 0.5) is 0 Å². The first-order valence-corrected chi connectivity index (χ1v) is 8.80. The molecule has 0 heterocycles. The normalized spacial score (nSPS) is 11.6. The minimum atomic E-state index is -3.06. The minimum Gasteiger partial charge on any atom is -0.301 e. The maximum Gasteiger partial charge on any atom is 0.393 e. The lowest BCUT2D eigenvalue weighted by Crippen LogP contribution is -1.95. The lowest BCUT2D eigenvalue weighted by Gasteiger charge is -2.16. The Morgan fingerprint density at radius 2 is 1.59 bits per heavy atom. The molecule has 0 saturated heterocycles. The fraction of sp³-hybridized carbons (Fsp3) is 0.500. The van der Waals surface area contributed by atoms with E-state index in [9.17, 15) is 4.57 Å². The van der Waals surface area contributed by atoms with Gasteiger partial charge in [-0.2, -0.15) is 0 Å². The van der Waals surface area contributed by atoms with Crippen LogP contribution in [-0.4, -0.2) is 13.2 Å². The van der Waals surface area contributed by atoms with Gasteiger partial charge < -0.3 is 9.05 Å². The third-order valence-corrected chi connectivity index (χ3v) is 5.51. The van der Waals surface area contributed by atoms with Crippen molar-refractivity contribution in [3.63, 3.8) is 0 Å². The first kappa shape index (κ1) is 14.8. The maximum atomic E-state index is 12.4. The van der Waals surface area contributed by atoms with Crippen LogP contribution in [0.5, 0.6) is 0 Å². The molecule has 1 aromatic rings. The zero-order valence-corrected chi connectivity index (χ0v) is 12.0. The Labute approximate surface area is 107 Å². The molecule has 96 valence electrons. The third-order valence-electron chi connectivity index (χ3n) is 1.87. The Balaban J connectivity index is 2.65. The van der Waals surface area contributed by atoms with Crippen molar-refractivity contribution in [3.05, 3.63) is 30.3 Å². The van der Waals surface area contributed by atoms with Crippen molar-refractivity contribution in [2.24, 2.45) is 0 Å². The first-order chi connectivity index (χ1) is 8.20. The predicted octanol–water partition coefficient (Wildman–Crippen LogP) is 4.74. The van der Waals surface area contributed by atoms with Crippen LogP contribution in [0, 0.1) is 0 Å². The second-order valence-electron chi connectivity index (χ2n) is 3.52. The van der Waals surface area contributed by atoms with Gasteiger partial charge in [0, 0.05) is 4.90 Å². The molecule has 1 rings (SSSR count). The molecule has 3 nitrogen and oxygen atoms in total. The zero-order valence-electron chi connectivity index (χ0n) is 10.3. The molecule has 0 aliphatic carbocycles. The van der Waals surface area contributed by atoms with Gasteiger partial charge >= 0.3 is 6.80 Å².